The highest BCUT2D eigenvalue weighted by atomic mass is 16.4. The number of aliphatic carboxylic acids is 1. The van der Waals surface area contributed by atoms with Gasteiger partial charge >= 0.3 is 0 Å². The maximum absolute atomic E-state index is 14.0. The molecule has 3 atom stereocenters. The molecule has 0 spiro atoms. The third kappa shape index (κ3) is 13.6. The van der Waals surface area contributed by atoms with Gasteiger partial charge in [0.15, 0.2) is 5.96 Å². The van der Waals surface area contributed by atoms with E-state index in [2.05, 4.69) is 16.0 Å². The van der Waals surface area contributed by atoms with E-state index in [0.29, 0.717) is 31.4 Å². The van der Waals surface area contributed by atoms with E-state index in [1.807, 2.05) is 24.3 Å². The van der Waals surface area contributed by atoms with Gasteiger partial charge in [-0.25, -0.2) is 0 Å². The molecule has 0 saturated heterocycles. The van der Waals surface area contributed by atoms with Crippen molar-refractivity contribution in [2.24, 2.45) is 35.0 Å². The molecule has 250 valence electrons. The van der Waals surface area contributed by atoms with Crippen LogP contribution >= 0.6 is 0 Å². The van der Waals surface area contributed by atoms with Gasteiger partial charge in [0, 0.05) is 24.9 Å². The Kier molecular flexibility index (Phi) is 15.9. The third-order valence-corrected chi connectivity index (χ3v) is 8.62. The first-order chi connectivity index (χ1) is 21.4. The summed E-state index contributed by atoms with van der Waals surface area (Å²) in [5.41, 5.74) is 18.2. The molecule has 3 rings (SSSR count). The summed E-state index contributed by atoms with van der Waals surface area (Å²) in [5.74, 6) is -2.20. The van der Waals surface area contributed by atoms with Crippen LogP contribution in [-0.2, 0) is 25.6 Å². The molecule has 3 amide bonds. The number of carboxylic acids is 1. The van der Waals surface area contributed by atoms with Crippen molar-refractivity contribution < 1.29 is 24.3 Å². The van der Waals surface area contributed by atoms with E-state index in [4.69, 9.17) is 37.9 Å². The molecule has 12 N–H and O–H groups in total. The predicted molar refractivity (Wildman–Crippen MR) is 173 cm³/mol. The summed E-state index contributed by atoms with van der Waals surface area (Å²) in [6.07, 6.45) is 11.4. The average Bonchev–Trinajstić information content (AvgIpc) is 3.00. The number of nitrogen functional groups attached to an aromatic ring is 1. The molecule has 1 aromatic rings. The zero-order valence-corrected chi connectivity index (χ0v) is 26.4. The summed E-state index contributed by atoms with van der Waals surface area (Å²) < 4.78 is 0. The highest BCUT2D eigenvalue weighted by Gasteiger charge is 2.36. The van der Waals surface area contributed by atoms with Crippen molar-refractivity contribution in [2.75, 3.05) is 6.54 Å². The molecule has 1 unspecified atom stereocenters. The Hall–Kier alpha value is -4.16. The Bertz CT molecular complexity index is 1140. The summed E-state index contributed by atoms with van der Waals surface area (Å²) in [5, 5.41) is 31.0. The van der Waals surface area contributed by atoms with Gasteiger partial charge in [-0.2, -0.15) is 0 Å². The van der Waals surface area contributed by atoms with Crippen LogP contribution in [0.3, 0.4) is 0 Å². The van der Waals surface area contributed by atoms with Gasteiger partial charge in [0.25, 0.3) is 5.97 Å². The van der Waals surface area contributed by atoms with E-state index >= 15 is 0 Å². The molecule has 2 saturated carbocycles. The zero-order valence-electron chi connectivity index (χ0n) is 26.4. The number of benzene rings is 1. The summed E-state index contributed by atoms with van der Waals surface area (Å²) in [6, 6.07) is 5.83. The first-order valence-corrected chi connectivity index (χ1v) is 16.0. The summed E-state index contributed by atoms with van der Waals surface area (Å²) >= 11 is 0. The van der Waals surface area contributed by atoms with Crippen LogP contribution in [0, 0.1) is 28.6 Å². The lowest BCUT2D eigenvalue weighted by Gasteiger charge is -2.34. The number of rotatable bonds is 14. The summed E-state index contributed by atoms with van der Waals surface area (Å²) in [4.78, 5) is 48.8. The minimum atomic E-state index is -0.881. The highest BCUT2D eigenvalue weighted by Crippen LogP contribution is 2.33. The first kappa shape index (κ1) is 37.0. The van der Waals surface area contributed by atoms with Gasteiger partial charge < -0.3 is 38.3 Å². The third-order valence-electron chi connectivity index (χ3n) is 8.62. The molecule has 13 nitrogen and oxygen atoms in total. The lowest BCUT2D eigenvalue weighted by molar-refractivity contribution is -0.135. The topological polar surface area (TPSA) is 250 Å². The van der Waals surface area contributed by atoms with Gasteiger partial charge in [-0.15, -0.1) is 0 Å². The molecule has 45 heavy (non-hydrogen) atoms. The van der Waals surface area contributed by atoms with Crippen molar-refractivity contribution in [3.63, 3.8) is 0 Å². The second-order valence-corrected chi connectivity index (χ2v) is 12.2. The molecule has 0 heterocycles. The highest BCUT2D eigenvalue weighted by molar-refractivity contribution is 5.95. The number of amidine groups is 1. The number of carbonyl (C=O) groups is 4. The summed E-state index contributed by atoms with van der Waals surface area (Å²) in [7, 11) is 0. The predicted octanol–water partition coefficient (Wildman–Crippen LogP) is 2.10. The van der Waals surface area contributed by atoms with Gasteiger partial charge in [0.1, 0.15) is 17.9 Å². The molecule has 0 radical (unpaired) electrons. The van der Waals surface area contributed by atoms with Gasteiger partial charge in [-0.1, -0.05) is 62.8 Å². The number of nitrogens with one attached hydrogen (secondary N) is 5. The number of nitrogens with two attached hydrogens (primary N) is 3. The fraction of sp³-hybridized carbons (Fsp3) is 0.625. The molecule has 2 aliphatic rings. The number of hydrogen-bond donors (Lipinski definition) is 9. The number of hydrogen-bond acceptors (Lipinski definition) is 6. The molecule has 2 aliphatic carbocycles. The van der Waals surface area contributed by atoms with Crippen LogP contribution in [0.4, 0.5) is 0 Å². The van der Waals surface area contributed by atoms with Crippen molar-refractivity contribution in [1.82, 2.24) is 16.0 Å². The van der Waals surface area contributed by atoms with Crippen LogP contribution < -0.4 is 33.2 Å². The van der Waals surface area contributed by atoms with Crippen LogP contribution in [-0.4, -0.2) is 59.2 Å². The number of carboxylic acid groups (broad SMARTS) is 1. The van der Waals surface area contributed by atoms with E-state index < -0.39 is 24.0 Å². The Morgan fingerprint density at radius 3 is 1.87 bits per heavy atom. The van der Waals surface area contributed by atoms with Crippen molar-refractivity contribution in [1.29, 1.82) is 10.8 Å². The van der Waals surface area contributed by atoms with E-state index in [0.717, 1.165) is 70.3 Å². The maximum Gasteiger partial charge on any atom is 0.300 e. The van der Waals surface area contributed by atoms with Crippen molar-refractivity contribution in [2.45, 2.75) is 102 Å². The second-order valence-electron chi connectivity index (χ2n) is 12.2. The SMILES string of the molecule is CC(=O)O.N=C(N)NCCC[C@H](NC(=O)[C@@H](NC(=O)C(Cc1ccc(C(=N)N)cc1)C1CCCCC1)C1CCCCC1)C(N)=O. The van der Waals surface area contributed by atoms with Crippen LogP contribution in [0.1, 0.15) is 95.1 Å². The van der Waals surface area contributed by atoms with E-state index in [9.17, 15) is 14.4 Å². The largest absolute Gasteiger partial charge is 0.481 e. The van der Waals surface area contributed by atoms with Crippen LogP contribution in [0.2, 0.25) is 0 Å². The van der Waals surface area contributed by atoms with Crippen molar-refractivity contribution in [3.05, 3.63) is 35.4 Å². The Labute approximate surface area is 265 Å². The number of guanidine groups is 1. The lowest BCUT2D eigenvalue weighted by atomic mass is 9.76. The van der Waals surface area contributed by atoms with Gasteiger partial charge in [0.05, 0.1) is 0 Å². The minimum absolute atomic E-state index is 0.00356. The number of primary amides is 1. The molecule has 0 aliphatic heterocycles. The molecular formula is C32H52N8O5. The van der Waals surface area contributed by atoms with E-state index in [-0.39, 0.29) is 41.4 Å². The fourth-order valence-electron chi connectivity index (χ4n) is 6.29. The normalized spacial score (nSPS) is 17.4. The van der Waals surface area contributed by atoms with Crippen LogP contribution in [0.15, 0.2) is 24.3 Å². The van der Waals surface area contributed by atoms with Crippen molar-refractivity contribution >= 4 is 35.5 Å². The van der Waals surface area contributed by atoms with Crippen molar-refractivity contribution in [3.8, 4) is 0 Å². The minimum Gasteiger partial charge on any atom is -0.481 e. The molecular weight excluding hydrogens is 576 g/mol. The zero-order chi connectivity index (χ0) is 33.4. The quantitative estimate of drug-likeness (QED) is 0.0836. The summed E-state index contributed by atoms with van der Waals surface area (Å²) in [6.45, 7) is 1.47. The molecule has 0 aromatic heterocycles. The van der Waals surface area contributed by atoms with Crippen LogP contribution in [0.5, 0.6) is 0 Å². The number of amides is 3. The van der Waals surface area contributed by atoms with Crippen LogP contribution in [0.25, 0.3) is 0 Å². The van der Waals surface area contributed by atoms with Gasteiger partial charge in [-0.3, -0.25) is 30.0 Å². The van der Waals surface area contributed by atoms with Gasteiger partial charge in [-0.05, 0) is 62.3 Å². The lowest BCUT2D eigenvalue weighted by Crippen LogP contribution is -2.57. The molecule has 1 aromatic carbocycles. The first-order valence-electron chi connectivity index (χ1n) is 16.0. The molecule has 2 fully saturated rings. The van der Waals surface area contributed by atoms with E-state index in [1.165, 1.54) is 6.42 Å². The smallest absolute Gasteiger partial charge is 0.300 e. The molecule has 13 heteroatoms. The monoisotopic (exact) mass is 628 g/mol. The van der Waals surface area contributed by atoms with E-state index in [1.54, 1.807) is 0 Å². The molecule has 0 bridgehead atoms. The fourth-order valence-corrected chi connectivity index (χ4v) is 6.29. The van der Waals surface area contributed by atoms with Gasteiger partial charge in [0.2, 0.25) is 17.7 Å². The maximum atomic E-state index is 14.0. The Morgan fingerprint density at radius 2 is 1.38 bits per heavy atom. The average molecular weight is 629 g/mol. The second kappa shape index (κ2) is 19.3. The number of carbonyl (C=O) groups excluding carboxylic acids is 3. The Balaban J connectivity index is 0.00000166. The standard InChI is InChI=1S/C30H48N8O3.C2H4O2/c31-26(32)22-15-13-19(14-16-22)18-23(20-8-3-1-4-9-20)28(40)38-25(21-10-5-2-6-11-21)29(41)37-24(27(33)39)12-7-17-36-30(34)35;1-2(3)4/h13-16,20-21,23-25H,1-12,17-18H2,(H3,31,32)(H2,33,39)(H,37,41)(H,38,40)(H4,34,35,36);1H3,(H,3,4)/t23?,24-,25-;/m0./s1. The Morgan fingerprint density at radius 1 is 0.844 bits per heavy atom.